The highest BCUT2D eigenvalue weighted by Crippen LogP contribution is 2.24. The standard InChI is InChI=1S/C14H17N3O3/c1-20-12-6-10(2-3-11(12)7-15)8-17-5-4-14(16,9-17)13(18)19/h2-3,6H,4-5,8-9,16H2,1H3,(H,18,19). The van der Waals surface area contributed by atoms with Gasteiger partial charge in [-0.15, -0.1) is 0 Å². The fraction of sp³-hybridized carbons (Fsp3) is 0.429. The summed E-state index contributed by atoms with van der Waals surface area (Å²) in [5, 5.41) is 18.0. The Kier molecular flexibility index (Phi) is 3.93. The van der Waals surface area contributed by atoms with Crippen molar-refractivity contribution in [3.63, 3.8) is 0 Å². The van der Waals surface area contributed by atoms with Gasteiger partial charge in [0, 0.05) is 19.6 Å². The lowest BCUT2D eigenvalue weighted by Crippen LogP contribution is -2.50. The van der Waals surface area contributed by atoms with E-state index in [1.807, 2.05) is 11.0 Å². The molecule has 6 nitrogen and oxygen atoms in total. The largest absolute Gasteiger partial charge is 0.495 e. The minimum Gasteiger partial charge on any atom is -0.495 e. The van der Waals surface area contributed by atoms with Crippen molar-refractivity contribution in [1.29, 1.82) is 5.26 Å². The van der Waals surface area contributed by atoms with E-state index in [-0.39, 0.29) is 0 Å². The molecule has 1 aliphatic heterocycles. The van der Waals surface area contributed by atoms with Crippen molar-refractivity contribution >= 4 is 5.97 Å². The van der Waals surface area contributed by atoms with Gasteiger partial charge in [0.05, 0.1) is 12.7 Å². The fourth-order valence-corrected chi connectivity index (χ4v) is 2.41. The average Bonchev–Trinajstić information content (AvgIpc) is 2.81. The summed E-state index contributed by atoms with van der Waals surface area (Å²) in [5.41, 5.74) is 6.13. The average molecular weight is 275 g/mol. The number of carboxylic acids is 1. The lowest BCUT2D eigenvalue weighted by Gasteiger charge is -2.20. The molecule has 1 heterocycles. The Hall–Kier alpha value is -2.10. The van der Waals surface area contributed by atoms with Gasteiger partial charge in [0.1, 0.15) is 17.4 Å². The Morgan fingerprint density at radius 2 is 2.40 bits per heavy atom. The van der Waals surface area contributed by atoms with Crippen LogP contribution in [0.5, 0.6) is 5.75 Å². The highest BCUT2D eigenvalue weighted by Gasteiger charge is 2.41. The molecule has 1 unspecified atom stereocenters. The summed E-state index contributed by atoms with van der Waals surface area (Å²) in [7, 11) is 1.52. The number of nitrogens with two attached hydrogens (primary N) is 1. The van der Waals surface area contributed by atoms with E-state index in [4.69, 9.17) is 20.8 Å². The molecule has 0 spiro atoms. The maximum Gasteiger partial charge on any atom is 0.325 e. The molecule has 1 atom stereocenters. The van der Waals surface area contributed by atoms with Crippen LogP contribution in [0.3, 0.4) is 0 Å². The molecule has 0 amide bonds. The summed E-state index contributed by atoms with van der Waals surface area (Å²) in [4.78, 5) is 13.1. The van der Waals surface area contributed by atoms with Crippen molar-refractivity contribution < 1.29 is 14.6 Å². The van der Waals surface area contributed by atoms with Gasteiger partial charge in [0.25, 0.3) is 0 Å². The third kappa shape index (κ3) is 2.74. The zero-order valence-corrected chi connectivity index (χ0v) is 11.3. The summed E-state index contributed by atoms with van der Waals surface area (Å²) in [6.45, 7) is 1.56. The number of ether oxygens (including phenoxy) is 1. The number of carboxylic acid groups (broad SMARTS) is 1. The Bertz CT molecular complexity index is 567. The first-order chi connectivity index (χ1) is 9.48. The quantitative estimate of drug-likeness (QED) is 0.832. The van der Waals surface area contributed by atoms with Crippen molar-refractivity contribution in [1.82, 2.24) is 4.90 Å². The number of aliphatic carboxylic acids is 1. The van der Waals surface area contributed by atoms with E-state index in [9.17, 15) is 4.79 Å². The van der Waals surface area contributed by atoms with Gasteiger partial charge in [0.2, 0.25) is 0 Å². The molecular weight excluding hydrogens is 258 g/mol. The van der Waals surface area contributed by atoms with Gasteiger partial charge in [-0.3, -0.25) is 9.69 Å². The van der Waals surface area contributed by atoms with E-state index >= 15 is 0 Å². The van der Waals surface area contributed by atoms with E-state index in [0.29, 0.717) is 37.4 Å². The lowest BCUT2D eigenvalue weighted by atomic mass is 10.0. The highest BCUT2D eigenvalue weighted by atomic mass is 16.5. The van der Waals surface area contributed by atoms with Gasteiger partial charge in [-0.25, -0.2) is 0 Å². The second-order valence-electron chi connectivity index (χ2n) is 5.07. The molecule has 0 saturated carbocycles. The van der Waals surface area contributed by atoms with Gasteiger partial charge in [-0.1, -0.05) is 6.07 Å². The molecule has 0 radical (unpaired) electrons. The third-order valence-corrected chi connectivity index (χ3v) is 3.60. The van der Waals surface area contributed by atoms with Crippen LogP contribution in [0.25, 0.3) is 0 Å². The van der Waals surface area contributed by atoms with Crippen LogP contribution in [0.4, 0.5) is 0 Å². The number of hydrogen-bond donors (Lipinski definition) is 2. The lowest BCUT2D eigenvalue weighted by molar-refractivity contribution is -0.142. The summed E-state index contributed by atoms with van der Waals surface area (Å²) in [5.74, 6) is -0.432. The number of hydrogen-bond acceptors (Lipinski definition) is 5. The van der Waals surface area contributed by atoms with Crippen LogP contribution in [0.2, 0.25) is 0 Å². The molecule has 0 aromatic heterocycles. The third-order valence-electron chi connectivity index (χ3n) is 3.60. The maximum atomic E-state index is 11.1. The van der Waals surface area contributed by atoms with Crippen LogP contribution in [0.1, 0.15) is 17.5 Å². The number of likely N-dealkylation sites (tertiary alicyclic amines) is 1. The summed E-state index contributed by atoms with van der Waals surface area (Å²) in [6, 6.07) is 7.41. The van der Waals surface area contributed by atoms with Crippen LogP contribution in [-0.4, -0.2) is 41.7 Å². The van der Waals surface area contributed by atoms with E-state index in [1.165, 1.54) is 7.11 Å². The van der Waals surface area contributed by atoms with Crippen LogP contribution in [-0.2, 0) is 11.3 Å². The van der Waals surface area contributed by atoms with E-state index < -0.39 is 11.5 Å². The van der Waals surface area contributed by atoms with Crippen LogP contribution >= 0.6 is 0 Å². The number of benzene rings is 1. The molecule has 1 aromatic rings. The predicted octanol–water partition coefficient (Wildman–Crippen LogP) is 0.555. The van der Waals surface area contributed by atoms with Crippen molar-refractivity contribution in [2.24, 2.45) is 5.73 Å². The molecule has 6 heteroatoms. The molecule has 2 rings (SSSR count). The molecule has 20 heavy (non-hydrogen) atoms. The first kappa shape index (κ1) is 14.3. The van der Waals surface area contributed by atoms with Crippen LogP contribution in [0, 0.1) is 11.3 Å². The minimum atomic E-state index is -1.16. The van der Waals surface area contributed by atoms with E-state index in [0.717, 1.165) is 5.56 Å². The SMILES string of the molecule is COc1cc(CN2CCC(N)(C(=O)O)C2)ccc1C#N. The van der Waals surface area contributed by atoms with Gasteiger partial charge in [-0.05, 0) is 24.1 Å². The molecule has 0 bridgehead atoms. The van der Waals surface area contributed by atoms with Crippen LogP contribution in [0.15, 0.2) is 18.2 Å². The molecule has 106 valence electrons. The topological polar surface area (TPSA) is 99.6 Å². The highest BCUT2D eigenvalue weighted by molar-refractivity contribution is 5.79. The summed E-state index contributed by atoms with van der Waals surface area (Å²) in [6.07, 6.45) is 0.440. The first-order valence-corrected chi connectivity index (χ1v) is 6.30. The van der Waals surface area contributed by atoms with E-state index in [2.05, 4.69) is 6.07 Å². The summed E-state index contributed by atoms with van der Waals surface area (Å²) < 4.78 is 5.16. The number of carbonyl (C=O) groups is 1. The number of rotatable bonds is 4. The van der Waals surface area contributed by atoms with Crippen molar-refractivity contribution in [2.45, 2.75) is 18.5 Å². The van der Waals surface area contributed by atoms with Crippen molar-refractivity contribution in [3.05, 3.63) is 29.3 Å². The van der Waals surface area contributed by atoms with Crippen LogP contribution < -0.4 is 10.5 Å². The first-order valence-electron chi connectivity index (χ1n) is 6.30. The van der Waals surface area contributed by atoms with Gasteiger partial charge in [0.15, 0.2) is 0 Å². The van der Waals surface area contributed by atoms with Gasteiger partial charge >= 0.3 is 5.97 Å². The fourth-order valence-electron chi connectivity index (χ4n) is 2.41. The van der Waals surface area contributed by atoms with E-state index in [1.54, 1.807) is 12.1 Å². The normalized spacial score (nSPS) is 22.4. The monoisotopic (exact) mass is 275 g/mol. The number of methoxy groups -OCH3 is 1. The van der Waals surface area contributed by atoms with Gasteiger partial charge < -0.3 is 15.6 Å². The zero-order chi connectivity index (χ0) is 14.8. The molecule has 1 aliphatic rings. The zero-order valence-electron chi connectivity index (χ0n) is 11.3. The number of nitrogens with zero attached hydrogens (tertiary/aromatic N) is 2. The smallest absolute Gasteiger partial charge is 0.325 e. The second kappa shape index (κ2) is 5.49. The van der Waals surface area contributed by atoms with Crippen molar-refractivity contribution in [3.8, 4) is 11.8 Å². The Morgan fingerprint density at radius 1 is 1.65 bits per heavy atom. The Morgan fingerprint density at radius 3 is 2.95 bits per heavy atom. The second-order valence-corrected chi connectivity index (χ2v) is 5.07. The number of nitriles is 1. The van der Waals surface area contributed by atoms with Crippen molar-refractivity contribution in [2.75, 3.05) is 20.2 Å². The molecular formula is C14H17N3O3. The summed E-state index contributed by atoms with van der Waals surface area (Å²) >= 11 is 0. The molecule has 1 saturated heterocycles. The van der Waals surface area contributed by atoms with Gasteiger partial charge in [-0.2, -0.15) is 5.26 Å². The predicted molar refractivity (Wildman–Crippen MR) is 72.2 cm³/mol. The minimum absolute atomic E-state index is 0.324. The molecule has 3 N–H and O–H groups in total. The molecule has 1 fully saturated rings. The Balaban J connectivity index is 2.09. The molecule has 1 aromatic carbocycles. The molecule has 0 aliphatic carbocycles. The Labute approximate surface area is 117 Å². The maximum absolute atomic E-state index is 11.1.